The fourth-order valence-corrected chi connectivity index (χ4v) is 2.93. The number of ether oxygens (including phenoxy) is 3. The number of hydrogen-bond donors (Lipinski definition) is 2. The maximum Gasteiger partial charge on any atom is 0.246 e. The van der Waals surface area contributed by atoms with Crippen molar-refractivity contribution in [2.24, 2.45) is 11.3 Å². The molecule has 0 aliphatic carbocycles. The van der Waals surface area contributed by atoms with Crippen molar-refractivity contribution in [1.29, 1.82) is 0 Å². The van der Waals surface area contributed by atoms with E-state index in [1.54, 1.807) is 0 Å². The van der Waals surface area contributed by atoms with Crippen molar-refractivity contribution in [1.82, 2.24) is 10.6 Å². The smallest absolute Gasteiger partial charge is 0.246 e. The zero-order valence-electron chi connectivity index (χ0n) is 17.8. The van der Waals surface area contributed by atoms with Crippen molar-refractivity contribution in [2.45, 2.75) is 59.9 Å². The van der Waals surface area contributed by atoms with Gasteiger partial charge in [-0.15, -0.1) is 0 Å². The Kier molecular flexibility index (Phi) is 15.1. The molecule has 27 heavy (non-hydrogen) atoms. The third-order valence-electron chi connectivity index (χ3n) is 4.21. The van der Waals surface area contributed by atoms with E-state index >= 15 is 0 Å². The Labute approximate surface area is 164 Å². The average Bonchev–Trinajstić information content (AvgIpc) is 2.60. The summed E-state index contributed by atoms with van der Waals surface area (Å²) in [6.45, 7) is 13.9. The zero-order valence-corrected chi connectivity index (χ0v) is 17.8. The van der Waals surface area contributed by atoms with Gasteiger partial charge in [0, 0.05) is 19.2 Å². The molecule has 0 aromatic heterocycles. The first-order valence-corrected chi connectivity index (χ1v) is 10.0. The highest BCUT2D eigenvalue weighted by Crippen LogP contribution is 2.27. The molecule has 0 bridgehead atoms. The van der Waals surface area contributed by atoms with Gasteiger partial charge < -0.3 is 24.8 Å². The summed E-state index contributed by atoms with van der Waals surface area (Å²) in [6.07, 6.45) is 3.53. The Bertz CT molecular complexity index is 385. The van der Waals surface area contributed by atoms with Crippen LogP contribution in [0.25, 0.3) is 0 Å². The summed E-state index contributed by atoms with van der Waals surface area (Å²) in [5, 5.41) is 5.78. The minimum Gasteiger partial charge on any atom is -0.379 e. The molecule has 2 amide bonds. The summed E-state index contributed by atoms with van der Waals surface area (Å²) in [5.41, 5.74) is -0.0607. The molecule has 2 N–H and O–H groups in total. The summed E-state index contributed by atoms with van der Waals surface area (Å²) < 4.78 is 16.1. The summed E-state index contributed by atoms with van der Waals surface area (Å²) in [4.78, 5) is 22.5. The molecule has 0 saturated carbocycles. The first-order chi connectivity index (χ1) is 12.8. The largest absolute Gasteiger partial charge is 0.379 e. The van der Waals surface area contributed by atoms with Gasteiger partial charge in [-0.1, -0.05) is 34.6 Å². The molecule has 7 heteroatoms. The molecule has 0 aliphatic rings. The van der Waals surface area contributed by atoms with Gasteiger partial charge in [0.15, 0.2) is 0 Å². The Morgan fingerprint density at radius 1 is 1.04 bits per heavy atom. The van der Waals surface area contributed by atoms with Crippen LogP contribution in [0, 0.1) is 11.3 Å². The second-order valence-corrected chi connectivity index (χ2v) is 7.88. The third kappa shape index (κ3) is 14.5. The summed E-state index contributed by atoms with van der Waals surface area (Å²) in [5.74, 6) is 0.188. The molecule has 160 valence electrons. The van der Waals surface area contributed by atoms with Crippen LogP contribution in [-0.4, -0.2) is 64.5 Å². The van der Waals surface area contributed by atoms with Crippen molar-refractivity contribution in [3.8, 4) is 0 Å². The lowest BCUT2D eigenvalue weighted by Gasteiger charge is -2.36. The van der Waals surface area contributed by atoms with Crippen molar-refractivity contribution >= 4 is 12.3 Å². The highest BCUT2D eigenvalue weighted by atomic mass is 16.5. The number of amides is 2. The molecule has 2 unspecified atom stereocenters. The van der Waals surface area contributed by atoms with Crippen LogP contribution in [-0.2, 0) is 23.8 Å². The molecule has 0 rings (SSSR count). The van der Waals surface area contributed by atoms with Gasteiger partial charge in [-0.25, -0.2) is 0 Å². The second kappa shape index (κ2) is 15.8. The van der Waals surface area contributed by atoms with Crippen LogP contribution >= 0.6 is 0 Å². The van der Waals surface area contributed by atoms with E-state index < -0.39 is 0 Å². The zero-order chi connectivity index (χ0) is 20.5. The summed E-state index contributed by atoms with van der Waals surface area (Å²) in [7, 11) is 0. The van der Waals surface area contributed by atoms with Crippen LogP contribution in [0.3, 0.4) is 0 Å². The van der Waals surface area contributed by atoms with Crippen LogP contribution < -0.4 is 10.6 Å². The van der Waals surface area contributed by atoms with Gasteiger partial charge in [0.05, 0.1) is 26.4 Å². The molecule has 0 aliphatic heterocycles. The lowest BCUT2D eigenvalue weighted by Crippen LogP contribution is -2.49. The molecule has 0 aromatic carbocycles. The van der Waals surface area contributed by atoms with E-state index in [0.29, 0.717) is 45.3 Å². The molecular formula is C20H40N2O5. The van der Waals surface area contributed by atoms with Gasteiger partial charge in [-0.3, -0.25) is 9.59 Å². The van der Waals surface area contributed by atoms with E-state index in [1.807, 2.05) is 0 Å². The Morgan fingerprint density at radius 2 is 1.63 bits per heavy atom. The standard InChI is InChI=1S/C20H40N2O5/c1-6-10-25-11-12-26-13-14-27-15-18(24)22-19(20(3,4)5)17(2)8-7-9-21-16-23/h16-17,19H,6-15H2,1-5H3,(H,21,23)(H,22,24). The van der Waals surface area contributed by atoms with Crippen molar-refractivity contribution in [2.75, 3.05) is 46.2 Å². The van der Waals surface area contributed by atoms with E-state index in [1.165, 1.54) is 0 Å². The van der Waals surface area contributed by atoms with Gasteiger partial charge in [-0.2, -0.15) is 0 Å². The second-order valence-electron chi connectivity index (χ2n) is 7.88. The van der Waals surface area contributed by atoms with Crippen LogP contribution in [0.4, 0.5) is 0 Å². The lowest BCUT2D eigenvalue weighted by molar-refractivity contribution is -0.128. The molecule has 2 atom stereocenters. The van der Waals surface area contributed by atoms with Crippen LogP contribution in [0.1, 0.15) is 53.9 Å². The first-order valence-electron chi connectivity index (χ1n) is 10.0. The topological polar surface area (TPSA) is 85.9 Å². The van der Waals surface area contributed by atoms with E-state index in [-0.39, 0.29) is 24.0 Å². The minimum atomic E-state index is -0.112. The lowest BCUT2D eigenvalue weighted by atomic mass is 9.78. The van der Waals surface area contributed by atoms with Gasteiger partial charge in [0.25, 0.3) is 0 Å². The molecule has 0 aromatic rings. The molecule has 7 nitrogen and oxygen atoms in total. The normalized spacial score (nSPS) is 13.8. The van der Waals surface area contributed by atoms with Gasteiger partial charge in [0.2, 0.25) is 12.3 Å². The van der Waals surface area contributed by atoms with Crippen LogP contribution in [0.5, 0.6) is 0 Å². The number of hydrogen-bond acceptors (Lipinski definition) is 5. The minimum absolute atomic E-state index is 0.0295. The number of carbonyl (C=O) groups is 2. The Morgan fingerprint density at radius 3 is 2.19 bits per heavy atom. The highest BCUT2D eigenvalue weighted by Gasteiger charge is 2.30. The van der Waals surface area contributed by atoms with Crippen LogP contribution in [0.2, 0.25) is 0 Å². The van der Waals surface area contributed by atoms with Gasteiger partial charge >= 0.3 is 0 Å². The molecule has 0 heterocycles. The number of carbonyl (C=O) groups excluding carboxylic acids is 2. The van der Waals surface area contributed by atoms with Gasteiger partial charge in [-0.05, 0) is 30.6 Å². The van der Waals surface area contributed by atoms with Crippen molar-refractivity contribution < 1.29 is 23.8 Å². The van der Waals surface area contributed by atoms with Gasteiger partial charge in [0.1, 0.15) is 6.61 Å². The molecule has 0 saturated heterocycles. The fourth-order valence-electron chi connectivity index (χ4n) is 2.93. The van der Waals surface area contributed by atoms with Crippen molar-refractivity contribution in [3.63, 3.8) is 0 Å². The maximum absolute atomic E-state index is 12.2. The molecule has 0 spiro atoms. The van der Waals surface area contributed by atoms with E-state index in [9.17, 15) is 9.59 Å². The molecular weight excluding hydrogens is 348 g/mol. The SMILES string of the molecule is CCCOCCOCCOCC(=O)NC(C(C)CCCNC=O)C(C)(C)C. The van der Waals surface area contributed by atoms with E-state index in [4.69, 9.17) is 14.2 Å². The molecule has 0 fully saturated rings. The van der Waals surface area contributed by atoms with Crippen LogP contribution in [0.15, 0.2) is 0 Å². The average molecular weight is 389 g/mol. The number of nitrogens with one attached hydrogen (secondary N) is 2. The first kappa shape index (κ1) is 25.8. The summed E-state index contributed by atoms with van der Waals surface area (Å²) >= 11 is 0. The fraction of sp³-hybridized carbons (Fsp3) is 0.900. The predicted octanol–water partition coefficient (Wildman–Crippen LogP) is 2.14. The highest BCUT2D eigenvalue weighted by molar-refractivity contribution is 5.77. The molecule has 0 radical (unpaired) electrons. The van der Waals surface area contributed by atoms with E-state index in [2.05, 4.69) is 45.3 Å². The van der Waals surface area contributed by atoms with E-state index in [0.717, 1.165) is 25.9 Å². The maximum atomic E-state index is 12.2. The predicted molar refractivity (Wildman–Crippen MR) is 107 cm³/mol. The summed E-state index contributed by atoms with van der Waals surface area (Å²) in [6, 6.07) is 0.0387. The van der Waals surface area contributed by atoms with Crippen molar-refractivity contribution in [3.05, 3.63) is 0 Å². The Hall–Kier alpha value is -1.18. The Balaban J connectivity index is 4.03. The monoisotopic (exact) mass is 388 g/mol. The number of rotatable bonds is 17. The third-order valence-corrected chi connectivity index (χ3v) is 4.21. The quantitative estimate of drug-likeness (QED) is 0.294.